The smallest absolute Gasteiger partial charge is 0.260 e. The SMILES string of the molecule is Nc1ccc(F)cc1-c1nc(C2CC2)no1. The average molecular weight is 219 g/mol. The van der Waals surface area contributed by atoms with Crippen molar-refractivity contribution < 1.29 is 8.91 Å². The van der Waals surface area contributed by atoms with Crippen LogP contribution >= 0.6 is 0 Å². The van der Waals surface area contributed by atoms with Crippen molar-refractivity contribution in [2.45, 2.75) is 18.8 Å². The predicted octanol–water partition coefficient (Wildman–Crippen LogP) is 2.34. The van der Waals surface area contributed by atoms with E-state index in [1.54, 1.807) is 0 Å². The third-order valence-electron chi connectivity index (χ3n) is 2.63. The van der Waals surface area contributed by atoms with Crippen molar-refractivity contribution in [2.24, 2.45) is 0 Å². The van der Waals surface area contributed by atoms with Crippen LogP contribution in [0.15, 0.2) is 22.7 Å². The summed E-state index contributed by atoms with van der Waals surface area (Å²) >= 11 is 0. The predicted molar refractivity (Wildman–Crippen MR) is 56.1 cm³/mol. The molecule has 0 radical (unpaired) electrons. The minimum absolute atomic E-state index is 0.291. The maximum absolute atomic E-state index is 13.1. The lowest BCUT2D eigenvalue weighted by Gasteiger charge is -1.99. The molecule has 82 valence electrons. The van der Waals surface area contributed by atoms with Gasteiger partial charge in [-0.25, -0.2) is 4.39 Å². The Morgan fingerprint density at radius 1 is 1.38 bits per heavy atom. The molecular formula is C11H10FN3O. The van der Waals surface area contributed by atoms with Gasteiger partial charge >= 0.3 is 0 Å². The van der Waals surface area contributed by atoms with Crippen molar-refractivity contribution in [2.75, 3.05) is 5.73 Å². The van der Waals surface area contributed by atoms with Crippen molar-refractivity contribution in [3.8, 4) is 11.5 Å². The number of anilines is 1. The first-order valence-electron chi connectivity index (χ1n) is 5.13. The largest absolute Gasteiger partial charge is 0.398 e. The highest BCUT2D eigenvalue weighted by Gasteiger charge is 2.29. The third kappa shape index (κ3) is 1.54. The second-order valence-electron chi connectivity index (χ2n) is 3.96. The molecule has 3 rings (SSSR count). The summed E-state index contributed by atoms with van der Waals surface area (Å²) in [6, 6.07) is 4.10. The van der Waals surface area contributed by atoms with Gasteiger partial charge in [0.15, 0.2) is 5.82 Å². The summed E-state index contributed by atoms with van der Waals surface area (Å²) in [5.74, 6) is 1.03. The number of rotatable bonds is 2. The molecule has 1 aromatic heterocycles. The highest BCUT2D eigenvalue weighted by atomic mass is 19.1. The van der Waals surface area contributed by atoms with E-state index < -0.39 is 0 Å². The summed E-state index contributed by atoms with van der Waals surface area (Å²) in [6.45, 7) is 0. The molecule has 1 aromatic carbocycles. The van der Waals surface area contributed by atoms with Crippen LogP contribution in [0.1, 0.15) is 24.6 Å². The van der Waals surface area contributed by atoms with Crippen molar-refractivity contribution in [1.29, 1.82) is 0 Å². The van der Waals surface area contributed by atoms with E-state index >= 15 is 0 Å². The molecule has 4 nitrogen and oxygen atoms in total. The number of halogens is 1. The van der Waals surface area contributed by atoms with Gasteiger partial charge in [0.25, 0.3) is 5.89 Å². The van der Waals surface area contributed by atoms with Gasteiger partial charge in [0.05, 0.1) is 5.56 Å². The molecule has 5 heteroatoms. The van der Waals surface area contributed by atoms with E-state index in [0.29, 0.717) is 28.9 Å². The maximum atomic E-state index is 13.1. The molecule has 2 aromatic rings. The van der Waals surface area contributed by atoms with Crippen LogP contribution in [-0.2, 0) is 0 Å². The molecule has 1 aliphatic carbocycles. The zero-order valence-corrected chi connectivity index (χ0v) is 8.48. The highest BCUT2D eigenvalue weighted by molar-refractivity contribution is 5.70. The molecule has 0 bridgehead atoms. The summed E-state index contributed by atoms with van der Waals surface area (Å²) in [5.41, 5.74) is 6.62. The normalized spacial score (nSPS) is 15.3. The number of hydrogen-bond donors (Lipinski definition) is 1. The number of nitrogens with zero attached hydrogens (tertiary/aromatic N) is 2. The van der Waals surface area contributed by atoms with E-state index in [0.717, 1.165) is 12.8 Å². The number of aromatic nitrogens is 2. The molecule has 0 unspecified atom stereocenters. The Labute approximate surface area is 91.3 Å². The van der Waals surface area contributed by atoms with Gasteiger partial charge < -0.3 is 10.3 Å². The standard InChI is InChI=1S/C11H10FN3O/c12-7-3-4-9(13)8(5-7)11-14-10(15-16-11)6-1-2-6/h3-6H,1-2,13H2. The molecule has 0 saturated heterocycles. The van der Waals surface area contributed by atoms with E-state index in [4.69, 9.17) is 10.3 Å². The van der Waals surface area contributed by atoms with Gasteiger partial charge in [-0.15, -0.1) is 0 Å². The van der Waals surface area contributed by atoms with Crippen molar-refractivity contribution in [3.05, 3.63) is 29.8 Å². The minimum Gasteiger partial charge on any atom is -0.398 e. The van der Waals surface area contributed by atoms with Crippen LogP contribution in [0.5, 0.6) is 0 Å². The number of hydrogen-bond acceptors (Lipinski definition) is 4. The van der Waals surface area contributed by atoms with Crippen LogP contribution in [0.3, 0.4) is 0 Å². The molecule has 1 saturated carbocycles. The quantitative estimate of drug-likeness (QED) is 0.787. The summed E-state index contributed by atoms with van der Waals surface area (Å²) in [7, 11) is 0. The Bertz CT molecular complexity index is 534. The fourth-order valence-electron chi connectivity index (χ4n) is 1.57. The minimum atomic E-state index is -0.365. The van der Waals surface area contributed by atoms with Crippen molar-refractivity contribution in [3.63, 3.8) is 0 Å². The molecule has 0 atom stereocenters. The molecule has 0 amide bonds. The van der Waals surface area contributed by atoms with Gasteiger partial charge in [0.1, 0.15) is 5.82 Å². The van der Waals surface area contributed by atoms with Crippen LogP contribution in [0.4, 0.5) is 10.1 Å². The molecule has 1 heterocycles. The first-order chi connectivity index (χ1) is 7.74. The fourth-order valence-corrected chi connectivity index (χ4v) is 1.57. The van der Waals surface area contributed by atoms with Crippen LogP contribution in [-0.4, -0.2) is 10.1 Å². The van der Waals surface area contributed by atoms with Crippen LogP contribution in [0.2, 0.25) is 0 Å². The molecule has 0 spiro atoms. The lowest BCUT2D eigenvalue weighted by Crippen LogP contribution is -1.91. The summed E-state index contributed by atoms with van der Waals surface area (Å²) in [4.78, 5) is 4.22. The van der Waals surface area contributed by atoms with Gasteiger partial charge in [-0.05, 0) is 31.0 Å². The second kappa shape index (κ2) is 3.30. The monoisotopic (exact) mass is 219 g/mol. The Balaban J connectivity index is 2.03. The van der Waals surface area contributed by atoms with Crippen LogP contribution < -0.4 is 5.73 Å². The Morgan fingerprint density at radius 2 is 2.19 bits per heavy atom. The maximum Gasteiger partial charge on any atom is 0.260 e. The fraction of sp³-hybridized carbons (Fsp3) is 0.273. The number of benzene rings is 1. The summed E-state index contributed by atoms with van der Waals surface area (Å²) < 4.78 is 18.1. The van der Waals surface area contributed by atoms with Gasteiger partial charge in [-0.1, -0.05) is 5.16 Å². The Morgan fingerprint density at radius 3 is 2.94 bits per heavy atom. The van der Waals surface area contributed by atoms with E-state index in [9.17, 15) is 4.39 Å². The molecular weight excluding hydrogens is 209 g/mol. The van der Waals surface area contributed by atoms with Gasteiger partial charge in [-0.3, -0.25) is 0 Å². The van der Waals surface area contributed by atoms with E-state index in [-0.39, 0.29) is 5.82 Å². The molecule has 2 N–H and O–H groups in total. The van der Waals surface area contributed by atoms with E-state index in [1.165, 1.54) is 18.2 Å². The Hall–Kier alpha value is -1.91. The third-order valence-corrected chi connectivity index (χ3v) is 2.63. The van der Waals surface area contributed by atoms with E-state index in [2.05, 4.69) is 10.1 Å². The topological polar surface area (TPSA) is 64.9 Å². The van der Waals surface area contributed by atoms with E-state index in [1.807, 2.05) is 0 Å². The van der Waals surface area contributed by atoms with Gasteiger partial charge in [0.2, 0.25) is 0 Å². The van der Waals surface area contributed by atoms with Crippen LogP contribution in [0, 0.1) is 5.82 Å². The summed E-state index contributed by atoms with van der Waals surface area (Å²) in [5, 5.41) is 3.86. The highest BCUT2D eigenvalue weighted by Crippen LogP contribution is 2.39. The molecule has 1 fully saturated rings. The Kier molecular flexibility index (Phi) is 1.92. The van der Waals surface area contributed by atoms with Crippen molar-refractivity contribution in [1.82, 2.24) is 10.1 Å². The lowest BCUT2D eigenvalue weighted by molar-refractivity contribution is 0.422. The number of nitrogen functional groups attached to an aromatic ring is 1. The van der Waals surface area contributed by atoms with Crippen LogP contribution in [0.25, 0.3) is 11.5 Å². The average Bonchev–Trinajstić information content (AvgIpc) is 3.01. The van der Waals surface area contributed by atoms with Gasteiger partial charge in [-0.2, -0.15) is 4.98 Å². The molecule has 16 heavy (non-hydrogen) atoms. The first kappa shape index (κ1) is 9.33. The zero-order chi connectivity index (χ0) is 11.1. The summed E-state index contributed by atoms with van der Waals surface area (Å²) in [6.07, 6.45) is 2.19. The zero-order valence-electron chi connectivity index (χ0n) is 8.48. The lowest BCUT2D eigenvalue weighted by atomic mass is 10.2. The number of nitrogens with two attached hydrogens (primary N) is 1. The molecule has 0 aliphatic heterocycles. The second-order valence-corrected chi connectivity index (χ2v) is 3.96. The molecule has 1 aliphatic rings. The first-order valence-corrected chi connectivity index (χ1v) is 5.13. The van der Waals surface area contributed by atoms with Gasteiger partial charge in [0, 0.05) is 11.6 Å². The van der Waals surface area contributed by atoms with Crippen molar-refractivity contribution >= 4 is 5.69 Å².